The van der Waals surface area contributed by atoms with Crippen LogP contribution in [0.2, 0.25) is 0 Å². The second-order valence-electron chi connectivity index (χ2n) is 3.36. The summed E-state index contributed by atoms with van der Waals surface area (Å²) in [5.41, 5.74) is 6.28. The van der Waals surface area contributed by atoms with E-state index in [1.807, 2.05) is 6.07 Å². The van der Waals surface area contributed by atoms with E-state index in [0.717, 1.165) is 23.3 Å². The normalized spacial score (nSPS) is 10.3. The van der Waals surface area contributed by atoms with Crippen molar-refractivity contribution in [1.29, 1.82) is 0 Å². The quantitative estimate of drug-likeness (QED) is 0.911. The third kappa shape index (κ3) is 2.96. The number of rotatable bonds is 4. The summed E-state index contributed by atoms with van der Waals surface area (Å²) in [6, 6.07) is 6.05. The van der Waals surface area contributed by atoms with Crippen molar-refractivity contribution >= 4 is 38.8 Å². The molecule has 3 nitrogen and oxygen atoms in total. The lowest BCUT2D eigenvalue weighted by Crippen LogP contribution is -2.06. The van der Waals surface area contributed by atoms with Gasteiger partial charge < -0.3 is 11.1 Å². The van der Waals surface area contributed by atoms with Crippen molar-refractivity contribution in [2.24, 2.45) is 0 Å². The van der Waals surface area contributed by atoms with E-state index in [9.17, 15) is 0 Å². The number of aromatic nitrogens is 1. The molecule has 16 heavy (non-hydrogen) atoms. The zero-order valence-electron chi connectivity index (χ0n) is 8.61. The van der Waals surface area contributed by atoms with Crippen LogP contribution in [0.1, 0.15) is 4.88 Å². The van der Waals surface area contributed by atoms with E-state index in [1.165, 1.54) is 4.88 Å². The van der Waals surface area contributed by atoms with Crippen LogP contribution in [-0.2, 0) is 6.42 Å². The van der Waals surface area contributed by atoms with E-state index in [2.05, 4.69) is 43.7 Å². The zero-order chi connectivity index (χ0) is 11.4. The summed E-state index contributed by atoms with van der Waals surface area (Å²) in [6.45, 7) is 0.871. The van der Waals surface area contributed by atoms with Crippen LogP contribution in [0.15, 0.2) is 34.2 Å². The van der Waals surface area contributed by atoms with Gasteiger partial charge in [0.1, 0.15) is 5.82 Å². The highest BCUT2D eigenvalue weighted by Crippen LogP contribution is 2.21. The average molecular weight is 298 g/mol. The molecule has 0 unspecified atom stereocenters. The number of nitrogens with two attached hydrogens (primary N) is 1. The maximum atomic E-state index is 5.61. The maximum Gasteiger partial charge on any atom is 0.140 e. The van der Waals surface area contributed by atoms with Gasteiger partial charge in [-0.05, 0) is 39.9 Å². The van der Waals surface area contributed by atoms with Crippen molar-refractivity contribution in [2.75, 3.05) is 17.6 Å². The standard InChI is InChI=1S/C11H12BrN3S/c12-10-6-8(13)7-15-11(10)14-4-3-9-2-1-5-16-9/h1-2,5-7H,3-4,13H2,(H,14,15). The van der Waals surface area contributed by atoms with Crippen LogP contribution in [0.5, 0.6) is 0 Å². The van der Waals surface area contributed by atoms with Crippen LogP contribution in [-0.4, -0.2) is 11.5 Å². The average Bonchev–Trinajstić information content (AvgIpc) is 2.74. The number of hydrogen-bond acceptors (Lipinski definition) is 4. The lowest BCUT2D eigenvalue weighted by atomic mass is 10.3. The Morgan fingerprint density at radius 1 is 1.50 bits per heavy atom. The van der Waals surface area contributed by atoms with Gasteiger partial charge in [0.2, 0.25) is 0 Å². The minimum absolute atomic E-state index is 0.663. The van der Waals surface area contributed by atoms with Gasteiger partial charge in [0.25, 0.3) is 0 Å². The van der Waals surface area contributed by atoms with Gasteiger partial charge in [0.15, 0.2) is 0 Å². The first-order chi connectivity index (χ1) is 7.75. The fraction of sp³-hybridized carbons (Fsp3) is 0.182. The second kappa shape index (κ2) is 5.32. The Balaban J connectivity index is 1.90. The van der Waals surface area contributed by atoms with E-state index in [1.54, 1.807) is 17.5 Å². The van der Waals surface area contributed by atoms with E-state index in [-0.39, 0.29) is 0 Å². The minimum atomic E-state index is 0.663. The molecule has 0 aliphatic carbocycles. The fourth-order valence-electron chi connectivity index (χ4n) is 1.34. The molecule has 0 amide bonds. The Bertz CT molecular complexity index is 456. The van der Waals surface area contributed by atoms with Gasteiger partial charge in [-0.15, -0.1) is 11.3 Å². The topological polar surface area (TPSA) is 50.9 Å². The van der Waals surface area contributed by atoms with E-state index < -0.39 is 0 Å². The fourth-order valence-corrected chi connectivity index (χ4v) is 2.56. The number of anilines is 2. The number of halogens is 1. The summed E-state index contributed by atoms with van der Waals surface area (Å²) in [6.07, 6.45) is 2.66. The molecule has 2 aromatic heterocycles. The van der Waals surface area contributed by atoms with Crippen LogP contribution < -0.4 is 11.1 Å². The third-order valence-electron chi connectivity index (χ3n) is 2.11. The molecular formula is C11H12BrN3S. The largest absolute Gasteiger partial charge is 0.397 e. The molecule has 0 saturated heterocycles. The summed E-state index contributed by atoms with van der Waals surface area (Å²) >= 11 is 5.20. The first-order valence-corrected chi connectivity index (χ1v) is 6.60. The number of nitrogens with zero attached hydrogens (tertiary/aromatic N) is 1. The van der Waals surface area contributed by atoms with E-state index in [4.69, 9.17) is 5.73 Å². The number of pyridine rings is 1. The van der Waals surface area contributed by atoms with Crippen LogP contribution >= 0.6 is 27.3 Å². The number of thiophene rings is 1. The molecule has 0 saturated carbocycles. The van der Waals surface area contributed by atoms with Crippen molar-refractivity contribution in [3.63, 3.8) is 0 Å². The Morgan fingerprint density at radius 2 is 2.38 bits per heavy atom. The molecule has 2 heterocycles. The molecule has 0 radical (unpaired) electrons. The third-order valence-corrected chi connectivity index (χ3v) is 3.65. The van der Waals surface area contributed by atoms with Crippen molar-refractivity contribution < 1.29 is 0 Å². The van der Waals surface area contributed by atoms with Crippen LogP contribution in [0.3, 0.4) is 0 Å². The number of nitrogens with one attached hydrogen (secondary N) is 1. The predicted molar refractivity (Wildman–Crippen MR) is 72.9 cm³/mol. The summed E-state index contributed by atoms with van der Waals surface area (Å²) in [4.78, 5) is 5.59. The lowest BCUT2D eigenvalue weighted by Gasteiger charge is -2.07. The molecule has 3 N–H and O–H groups in total. The molecule has 2 aromatic rings. The molecule has 5 heteroatoms. The predicted octanol–water partition coefficient (Wildman–Crippen LogP) is 3.14. The van der Waals surface area contributed by atoms with Crippen LogP contribution in [0, 0.1) is 0 Å². The Labute approximate surface area is 107 Å². The smallest absolute Gasteiger partial charge is 0.140 e. The van der Waals surface area contributed by atoms with Gasteiger partial charge in [0.05, 0.1) is 16.4 Å². The number of nitrogen functional groups attached to an aromatic ring is 1. The van der Waals surface area contributed by atoms with Gasteiger partial charge in [-0.25, -0.2) is 4.98 Å². The van der Waals surface area contributed by atoms with Crippen molar-refractivity contribution in [2.45, 2.75) is 6.42 Å². The highest BCUT2D eigenvalue weighted by molar-refractivity contribution is 9.10. The summed E-state index contributed by atoms with van der Waals surface area (Å²) in [7, 11) is 0. The first-order valence-electron chi connectivity index (χ1n) is 4.93. The van der Waals surface area contributed by atoms with Gasteiger partial charge >= 0.3 is 0 Å². The van der Waals surface area contributed by atoms with Crippen LogP contribution in [0.4, 0.5) is 11.5 Å². The number of hydrogen-bond donors (Lipinski definition) is 2. The highest BCUT2D eigenvalue weighted by atomic mass is 79.9. The molecule has 0 fully saturated rings. The molecule has 0 bridgehead atoms. The highest BCUT2D eigenvalue weighted by Gasteiger charge is 2.01. The monoisotopic (exact) mass is 297 g/mol. The molecule has 2 rings (SSSR count). The Morgan fingerprint density at radius 3 is 3.06 bits per heavy atom. The lowest BCUT2D eigenvalue weighted by molar-refractivity contribution is 1.03. The molecule has 0 aliphatic rings. The molecule has 84 valence electrons. The van der Waals surface area contributed by atoms with Crippen molar-refractivity contribution in [3.8, 4) is 0 Å². The van der Waals surface area contributed by atoms with Crippen molar-refractivity contribution in [3.05, 3.63) is 39.1 Å². The molecule has 0 aliphatic heterocycles. The van der Waals surface area contributed by atoms with E-state index in [0.29, 0.717) is 5.69 Å². The summed E-state index contributed by atoms with van der Waals surface area (Å²) < 4.78 is 0.902. The maximum absolute atomic E-state index is 5.61. The Kier molecular flexibility index (Phi) is 3.79. The summed E-state index contributed by atoms with van der Waals surface area (Å²) in [5, 5.41) is 5.36. The summed E-state index contributed by atoms with van der Waals surface area (Å²) in [5.74, 6) is 0.839. The van der Waals surface area contributed by atoms with Gasteiger partial charge in [-0.1, -0.05) is 6.07 Å². The van der Waals surface area contributed by atoms with Gasteiger partial charge in [-0.3, -0.25) is 0 Å². The minimum Gasteiger partial charge on any atom is -0.397 e. The van der Waals surface area contributed by atoms with Gasteiger partial charge in [0, 0.05) is 11.4 Å². The van der Waals surface area contributed by atoms with Crippen LogP contribution in [0.25, 0.3) is 0 Å². The SMILES string of the molecule is Nc1cnc(NCCc2cccs2)c(Br)c1. The van der Waals surface area contributed by atoms with Crippen molar-refractivity contribution in [1.82, 2.24) is 4.98 Å². The molecule has 0 aromatic carbocycles. The van der Waals surface area contributed by atoms with Gasteiger partial charge in [-0.2, -0.15) is 0 Å². The first kappa shape index (κ1) is 11.4. The second-order valence-corrected chi connectivity index (χ2v) is 5.24. The molecule has 0 atom stereocenters. The van der Waals surface area contributed by atoms with E-state index >= 15 is 0 Å². The zero-order valence-corrected chi connectivity index (χ0v) is 11.0. The molecular weight excluding hydrogens is 286 g/mol. The Hall–Kier alpha value is -1.07. The molecule has 0 spiro atoms.